The molecule has 7 heteroatoms. The SMILES string of the molecule is Nc1nc2c(ncn2[C@@H]2C=C[C@H](CO)C2)c(=O)[nH]1. The van der Waals surface area contributed by atoms with Crippen molar-refractivity contribution < 1.29 is 5.11 Å². The Morgan fingerprint density at radius 1 is 1.56 bits per heavy atom. The average Bonchev–Trinajstić information content (AvgIpc) is 2.93. The highest BCUT2D eigenvalue weighted by Gasteiger charge is 2.22. The van der Waals surface area contributed by atoms with Gasteiger partial charge in [-0.15, -0.1) is 0 Å². The molecule has 1 aliphatic carbocycles. The van der Waals surface area contributed by atoms with E-state index in [-0.39, 0.29) is 35.6 Å². The van der Waals surface area contributed by atoms with Gasteiger partial charge in [-0.3, -0.25) is 9.78 Å². The first-order valence-electron chi connectivity index (χ1n) is 5.70. The van der Waals surface area contributed by atoms with Crippen molar-refractivity contribution in [2.24, 2.45) is 5.92 Å². The Balaban J connectivity index is 2.09. The van der Waals surface area contributed by atoms with Gasteiger partial charge in [0.15, 0.2) is 11.2 Å². The fraction of sp³-hybridized carbons (Fsp3) is 0.364. The summed E-state index contributed by atoms with van der Waals surface area (Å²) in [6.07, 6.45) is 6.31. The molecule has 0 unspecified atom stereocenters. The van der Waals surface area contributed by atoms with Crippen molar-refractivity contribution in [2.75, 3.05) is 12.3 Å². The van der Waals surface area contributed by atoms with Crippen LogP contribution in [0, 0.1) is 5.92 Å². The van der Waals surface area contributed by atoms with Crippen LogP contribution in [-0.2, 0) is 0 Å². The van der Waals surface area contributed by atoms with Crippen LogP contribution in [0.2, 0.25) is 0 Å². The van der Waals surface area contributed by atoms with E-state index in [4.69, 9.17) is 10.8 Å². The Kier molecular flexibility index (Phi) is 2.41. The van der Waals surface area contributed by atoms with Crippen molar-refractivity contribution in [2.45, 2.75) is 12.5 Å². The second-order valence-electron chi connectivity index (χ2n) is 4.41. The largest absolute Gasteiger partial charge is 0.396 e. The van der Waals surface area contributed by atoms with E-state index in [9.17, 15) is 4.79 Å². The van der Waals surface area contributed by atoms with Crippen LogP contribution in [0.3, 0.4) is 0 Å². The Morgan fingerprint density at radius 3 is 3.11 bits per heavy atom. The average molecular weight is 247 g/mol. The Morgan fingerprint density at radius 2 is 2.39 bits per heavy atom. The van der Waals surface area contributed by atoms with Crippen LogP contribution in [0.15, 0.2) is 23.3 Å². The number of fused-ring (bicyclic) bond motifs is 1. The van der Waals surface area contributed by atoms with Crippen molar-refractivity contribution in [3.05, 3.63) is 28.8 Å². The predicted molar refractivity (Wildman–Crippen MR) is 65.9 cm³/mol. The van der Waals surface area contributed by atoms with Gasteiger partial charge < -0.3 is 15.4 Å². The number of anilines is 1. The summed E-state index contributed by atoms with van der Waals surface area (Å²) in [7, 11) is 0. The minimum atomic E-state index is -0.336. The number of nitrogens with zero attached hydrogens (tertiary/aromatic N) is 3. The Hall–Kier alpha value is -2.15. The molecule has 0 aliphatic heterocycles. The summed E-state index contributed by atoms with van der Waals surface area (Å²) in [5.41, 5.74) is 5.96. The van der Waals surface area contributed by atoms with E-state index in [2.05, 4.69) is 15.0 Å². The van der Waals surface area contributed by atoms with Crippen LogP contribution in [0.1, 0.15) is 12.5 Å². The number of nitrogens with two attached hydrogens (primary N) is 1. The Bertz CT molecular complexity index is 672. The van der Waals surface area contributed by atoms with Crippen molar-refractivity contribution in [3.63, 3.8) is 0 Å². The maximum atomic E-state index is 11.6. The molecule has 4 N–H and O–H groups in total. The van der Waals surface area contributed by atoms with Gasteiger partial charge in [-0.25, -0.2) is 4.98 Å². The number of nitrogens with one attached hydrogen (secondary N) is 1. The number of aliphatic hydroxyl groups excluding tert-OH is 1. The number of rotatable bonds is 2. The first-order valence-corrected chi connectivity index (χ1v) is 5.70. The molecule has 0 saturated carbocycles. The molecule has 0 radical (unpaired) electrons. The van der Waals surface area contributed by atoms with E-state index in [0.29, 0.717) is 5.65 Å². The first-order chi connectivity index (χ1) is 8.69. The summed E-state index contributed by atoms with van der Waals surface area (Å²) in [5.74, 6) is 0.224. The molecule has 94 valence electrons. The van der Waals surface area contributed by atoms with Crippen molar-refractivity contribution >= 4 is 17.1 Å². The second-order valence-corrected chi connectivity index (χ2v) is 4.41. The normalized spacial score (nSPS) is 22.9. The lowest BCUT2D eigenvalue weighted by molar-refractivity contribution is 0.244. The number of H-pyrrole nitrogens is 1. The third-order valence-electron chi connectivity index (χ3n) is 3.19. The van der Waals surface area contributed by atoms with Gasteiger partial charge in [-0.2, -0.15) is 4.98 Å². The van der Waals surface area contributed by atoms with Crippen LogP contribution >= 0.6 is 0 Å². The summed E-state index contributed by atoms with van der Waals surface area (Å²) < 4.78 is 1.81. The lowest BCUT2D eigenvalue weighted by atomic mass is 10.1. The smallest absolute Gasteiger partial charge is 0.280 e. The number of aromatic amines is 1. The highest BCUT2D eigenvalue weighted by Crippen LogP contribution is 2.29. The van der Waals surface area contributed by atoms with E-state index in [1.165, 1.54) is 0 Å². The topological polar surface area (TPSA) is 110 Å². The molecule has 2 aromatic heterocycles. The van der Waals surface area contributed by atoms with Crippen LogP contribution in [0.25, 0.3) is 11.2 Å². The summed E-state index contributed by atoms with van der Waals surface area (Å²) in [4.78, 5) is 22.2. The molecular weight excluding hydrogens is 234 g/mol. The van der Waals surface area contributed by atoms with E-state index in [1.54, 1.807) is 6.33 Å². The molecule has 7 nitrogen and oxygen atoms in total. The molecule has 3 rings (SSSR count). The highest BCUT2D eigenvalue weighted by atomic mass is 16.3. The summed E-state index contributed by atoms with van der Waals surface area (Å²) >= 11 is 0. The van der Waals surface area contributed by atoms with Crippen molar-refractivity contribution in [1.29, 1.82) is 0 Å². The zero-order valence-electron chi connectivity index (χ0n) is 9.58. The number of imidazole rings is 1. The van der Waals surface area contributed by atoms with E-state index < -0.39 is 0 Å². The number of hydrogen-bond acceptors (Lipinski definition) is 5. The quantitative estimate of drug-likeness (QED) is 0.637. The van der Waals surface area contributed by atoms with Gasteiger partial charge in [0.25, 0.3) is 5.56 Å². The molecule has 2 heterocycles. The molecule has 0 amide bonds. The highest BCUT2D eigenvalue weighted by molar-refractivity contribution is 5.70. The Labute approximate surface area is 102 Å². The third kappa shape index (κ3) is 1.60. The van der Waals surface area contributed by atoms with Crippen LogP contribution in [0.4, 0.5) is 5.95 Å². The molecule has 0 bridgehead atoms. The van der Waals surface area contributed by atoms with Gasteiger partial charge in [0.05, 0.1) is 12.4 Å². The second kappa shape index (κ2) is 3.95. The number of hydrogen-bond donors (Lipinski definition) is 3. The molecule has 0 fully saturated rings. The molecule has 2 aromatic rings. The van der Waals surface area contributed by atoms with E-state index in [1.807, 2.05) is 16.7 Å². The lowest BCUT2D eigenvalue weighted by Crippen LogP contribution is -2.13. The molecule has 0 saturated heterocycles. The number of allylic oxidation sites excluding steroid dienone is 1. The maximum absolute atomic E-state index is 11.6. The van der Waals surface area contributed by atoms with Crippen LogP contribution < -0.4 is 11.3 Å². The van der Waals surface area contributed by atoms with Crippen LogP contribution in [-0.4, -0.2) is 31.2 Å². The van der Waals surface area contributed by atoms with Crippen molar-refractivity contribution in [1.82, 2.24) is 19.5 Å². The van der Waals surface area contributed by atoms with E-state index in [0.717, 1.165) is 6.42 Å². The molecule has 0 aromatic carbocycles. The number of nitrogen functional groups attached to an aromatic ring is 1. The zero-order chi connectivity index (χ0) is 12.7. The number of aliphatic hydroxyl groups is 1. The van der Waals surface area contributed by atoms with Crippen LogP contribution in [0.5, 0.6) is 0 Å². The van der Waals surface area contributed by atoms with E-state index >= 15 is 0 Å². The lowest BCUT2D eigenvalue weighted by Gasteiger charge is -2.12. The first kappa shape index (κ1) is 11.0. The fourth-order valence-corrected chi connectivity index (χ4v) is 2.28. The number of aromatic nitrogens is 4. The van der Waals surface area contributed by atoms with Gasteiger partial charge in [-0.1, -0.05) is 12.2 Å². The monoisotopic (exact) mass is 247 g/mol. The molecule has 2 atom stereocenters. The molecule has 0 spiro atoms. The van der Waals surface area contributed by atoms with Gasteiger partial charge in [0, 0.05) is 12.5 Å². The van der Waals surface area contributed by atoms with Gasteiger partial charge in [0.2, 0.25) is 5.95 Å². The summed E-state index contributed by atoms with van der Waals surface area (Å²) in [6, 6.07) is 0.0563. The fourth-order valence-electron chi connectivity index (χ4n) is 2.28. The standard InChI is InChI=1S/C11H13N5O2/c12-11-14-9-8(10(18)15-11)13-5-16(9)7-2-1-6(3-7)4-17/h1-2,5-7,17H,3-4H2,(H3,12,14,15,18)/t6-,7+/m0/s1. The predicted octanol–water partition coefficient (Wildman–Crippen LogP) is -0.189. The minimum absolute atomic E-state index is 0.0563. The molecule has 1 aliphatic rings. The minimum Gasteiger partial charge on any atom is -0.396 e. The van der Waals surface area contributed by atoms with Gasteiger partial charge in [0.1, 0.15) is 0 Å². The molecule has 18 heavy (non-hydrogen) atoms. The molecular formula is C11H13N5O2. The third-order valence-corrected chi connectivity index (χ3v) is 3.19. The summed E-state index contributed by atoms with van der Waals surface area (Å²) in [5, 5.41) is 9.12. The van der Waals surface area contributed by atoms with Gasteiger partial charge in [-0.05, 0) is 6.42 Å². The maximum Gasteiger partial charge on any atom is 0.280 e. The van der Waals surface area contributed by atoms with Gasteiger partial charge >= 0.3 is 0 Å². The summed E-state index contributed by atoms with van der Waals surface area (Å²) in [6.45, 7) is 0.121. The zero-order valence-corrected chi connectivity index (χ0v) is 9.58. The van der Waals surface area contributed by atoms with Crippen molar-refractivity contribution in [3.8, 4) is 0 Å².